The first-order valence-corrected chi connectivity index (χ1v) is 7.99. The minimum atomic E-state index is -0.278. The standard InChI is InChI=1S/C14H15BrClFN2O/c15-10-4-12-13(5-11(10)17)19(14(6-16)18-12)7-9-2-1-3-20-8-9/h4-5,9H,1-3,6-8H2. The van der Waals surface area contributed by atoms with Gasteiger partial charge in [0.2, 0.25) is 0 Å². The number of hydrogen-bond donors (Lipinski definition) is 0. The fourth-order valence-electron chi connectivity index (χ4n) is 2.69. The number of halogens is 3. The minimum Gasteiger partial charge on any atom is -0.381 e. The minimum absolute atomic E-state index is 0.278. The maximum atomic E-state index is 13.8. The number of ether oxygens (including phenoxy) is 1. The number of hydrogen-bond acceptors (Lipinski definition) is 2. The van der Waals surface area contributed by atoms with E-state index >= 15 is 0 Å². The zero-order valence-electron chi connectivity index (χ0n) is 10.9. The summed E-state index contributed by atoms with van der Waals surface area (Å²) in [6.45, 7) is 2.37. The van der Waals surface area contributed by atoms with Crippen LogP contribution in [0.5, 0.6) is 0 Å². The highest BCUT2D eigenvalue weighted by atomic mass is 79.9. The monoisotopic (exact) mass is 360 g/mol. The van der Waals surface area contributed by atoms with Gasteiger partial charge in [0.25, 0.3) is 0 Å². The first-order valence-electron chi connectivity index (χ1n) is 6.67. The van der Waals surface area contributed by atoms with E-state index in [9.17, 15) is 4.39 Å². The summed E-state index contributed by atoms with van der Waals surface area (Å²) in [7, 11) is 0. The van der Waals surface area contributed by atoms with Crippen LogP contribution in [0.15, 0.2) is 16.6 Å². The first kappa shape index (κ1) is 14.3. The Morgan fingerprint density at radius 1 is 1.50 bits per heavy atom. The fraction of sp³-hybridized carbons (Fsp3) is 0.500. The molecule has 2 aromatic rings. The summed E-state index contributed by atoms with van der Waals surface area (Å²) in [6.07, 6.45) is 2.20. The Hall–Kier alpha value is -0.650. The second kappa shape index (κ2) is 6.00. The van der Waals surface area contributed by atoms with Gasteiger partial charge >= 0.3 is 0 Å². The number of imidazole rings is 1. The van der Waals surface area contributed by atoms with Crippen LogP contribution in [0.4, 0.5) is 4.39 Å². The molecule has 0 aliphatic carbocycles. The molecule has 0 amide bonds. The summed E-state index contributed by atoms with van der Waals surface area (Å²) in [4.78, 5) is 4.49. The Bertz CT molecular complexity index is 625. The van der Waals surface area contributed by atoms with Crippen LogP contribution in [0.25, 0.3) is 11.0 Å². The molecule has 3 nitrogen and oxygen atoms in total. The zero-order valence-corrected chi connectivity index (χ0v) is 13.3. The van der Waals surface area contributed by atoms with Crippen molar-refractivity contribution in [2.75, 3.05) is 13.2 Å². The van der Waals surface area contributed by atoms with Gasteiger partial charge in [-0.25, -0.2) is 9.37 Å². The molecule has 20 heavy (non-hydrogen) atoms. The first-order chi connectivity index (χ1) is 9.69. The molecular formula is C14H15BrClFN2O. The van der Waals surface area contributed by atoms with E-state index in [0.717, 1.165) is 49.5 Å². The molecule has 3 rings (SSSR count). The molecule has 1 aromatic heterocycles. The van der Waals surface area contributed by atoms with Gasteiger partial charge in [-0.1, -0.05) is 0 Å². The molecule has 0 saturated carbocycles. The lowest BCUT2D eigenvalue weighted by molar-refractivity contribution is 0.0485. The van der Waals surface area contributed by atoms with Gasteiger partial charge in [0.15, 0.2) is 0 Å². The van der Waals surface area contributed by atoms with Crippen molar-refractivity contribution < 1.29 is 9.13 Å². The van der Waals surface area contributed by atoms with Crippen LogP contribution >= 0.6 is 27.5 Å². The molecule has 0 N–H and O–H groups in total. The summed E-state index contributed by atoms with van der Waals surface area (Å²) in [5.41, 5.74) is 1.57. The molecule has 0 radical (unpaired) electrons. The van der Waals surface area contributed by atoms with Crippen molar-refractivity contribution in [1.29, 1.82) is 0 Å². The van der Waals surface area contributed by atoms with E-state index in [-0.39, 0.29) is 5.82 Å². The van der Waals surface area contributed by atoms with Gasteiger partial charge in [0, 0.05) is 25.1 Å². The van der Waals surface area contributed by atoms with Crippen LogP contribution in [0.1, 0.15) is 18.7 Å². The number of nitrogens with zero attached hydrogens (tertiary/aromatic N) is 2. The van der Waals surface area contributed by atoms with Gasteiger partial charge < -0.3 is 9.30 Å². The molecule has 1 fully saturated rings. The summed E-state index contributed by atoms with van der Waals surface area (Å²) < 4.78 is 21.7. The third kappa shape index (κ3) is 2.71. The van der Waals surface area contributed by atoms with Crippen molar-refractivity contribution in [1.82, 2.24) is 9.55 Å². The summed E-state index contributed by atoms with van der Waals surface area (Å²) in [5, 5.41) is 0. The number of rotatable bonds is 3. The summed E-state index contributed by atoms with van der Waals surface area (Å²) in [5.74, 6) is 1.26. The quantitative estimate of drug-likeness (QED) is 0.770. The highest BCUT2D eigenvalue weighted by molar-refractivity contribution is 9.10. The highest BCUT2D eigenvalue weighted by Crippen LogP contribution is 2.27. The smallest absolute Gasteiger partial charge is 0.139 e. The van der Waals surface area contributed by atoms with Gasteiger partial charge in [-0.15, -0.1) is 11.6 Å². The van der Waals surface area contributed by atoms with Gasteiger partial charge in [0.05, 0.1) is 28.0 Å². The lowest BCUT2D eigenvalue weighted by Gasteiger charge is -2.23. The molecule has 1 aliphatic rings. The maximum absolute atomic E-state index is 13.8. The van der Waals surface area contributed by atoms with Crippen molar-refractivity contribution in [3.63, 3.8) is 0 Å². The Balaban J connectivity index is 2.00. The molecule has 2 heterocycles. The van der Waals surface area contributed by atoms with E-state index in [0.29, 0.717) is 16.3 Å². The SMILES string of the molecule is Fc1cc2c(cc1Br)nc(CCl)n2CC1CCCOC1. The second-order valence-electron chi connectivity index (χ2n) is 5.11. The Labute approximate surface area is 130 Å². The van der Waals surface area contributed by atoms with Crippen LogP contribution in [0.3, 0.4) is 0 Å². The Morgan fingerprint density at radius 3 is 3.05 bits per heavy atom. The average Bonchev–Trinajstić information content (AvgIpc) is 2.78. The molecule has 1 atom stereocenters. The number of fused-ring (bicyclic) bond motifs is 1. The van der Waals surface area contributed by atoms with Crippen LogP contribution in [0, 0.1) is 11.7 Å². The van der Waals surface area contributed by atoms with E-state index in [4.69, 9.17) is 16.3 Å². The van der Waals surface area contributed by atoms with E-state index in [1.807, 2.05) is 4.57 Å². The third-order valence-corrected chi connectivity index (χ3v) is 4.53. The van der Waals surface area contributed by atoms with Crippen LogP contribution in [-0.4, -0.2) is 22.8 Å². The second-order valence-corrected chi connectivity index (χ2v) is 6.23. The van der Waals surface area contributed by atoms with E-state index in [1.165, 1.54) is 6.07 Å². The summed E-state index contributed by atoms with van der Waals surface area (Å²) >= 11 is 9.17. The maximum Gasteiger partial charge on any atom is 0.139 e. The number of alkyl halides is 1. The third-order valence-electron chi connectivity index (χ3n) is 3.68. The molecule has 6 heteroatoms. The normalized spacial score (nSPS) is 19.6. The lowest BCUT2D eigenvalue weighted by atomic mass is 10.0. The molecule has 108 valence electrons. The molecule has 1 aromatic carbocycles. The van der Waals surface area contributed by atoms with Gasteiger partial charge in [0.1, 0.15) is 11.6 Å². The van der Waals surface area contributed by atoms with Crippen molar-refractivity contribution in [2.24, 2.45) is 5.92 Å². The molecule has 1 saturated heterocycles. The number of benzene rings is 1. The molecule has 1 aliphatic heterocycles. The topological polar surface area (TPSA) is 27.1 Å². The molecule has 1 unspecified atom stereocenters. The van der Waals surface area contributed by atoms with Gasteiger partial charge in [-0.3, -0.25) is 0 Å². The van der Waals surface area contributed by atoms with Crippen LogP contribution < -0.4 is 0 Å². The summed E-state index contributed by atoms with van der Waals surface area (Å²) in [6, 6.07) is 3.22. The van der Waals surface area contributed by atoms with Crippen LogP contribution in [0.2, 0.25) is 0 Å². The van der Waals surface area contributed by atoms with E-state index < -0.39 is 0 Å². The predicted octanol–water partition coefficient (Wildman–Crippen LogP) is 4.10. The van der Waals surface area contributed by atoms with E-state index in [2.05, 4.69) is 20.9 Å². The van der Waals surface area contributed by atoms with Crippen molar-refractivity contribution in [3.8, 4) is 0 Å². The molecule has 0 bridgehead atoms. The number of aromatic nitrogens is 2. The Kier molecular flexibility index (Phi) is 4.29. The van der Waals surface area contributed by atoms with Crippen LogP contribution in [-0.2, 0) is 17.2 Å². The van der Waals surface area contributed by atoms with Crippen molar-refractivity contribution in [3.05, 3.63) is 28.2 Å². The van der Waals surface area contributed by atoms with Crippen molar-refractivity contribution in [2.45, 2.75) is 25.3 Å². The van der Waals surface area contributed by atoms with Gasteiger partial charge in [-0.05, 0) is 34.8 Å². The largest absolute Gasteiger partial charge is 0.381 e. The lowest BCUT2D eigenvalue weighted by Crippen LogP contribution is -2.22. The Morgan fingerprint density at radius 2 is 2.35 bits per heavy atom. The fourth-order valence-corrected chi connectivity index (χ4v) is 3.22. The highest BCUT2D eigenvalue weighted by Gasteiger charge is 2.19. The molecule has 0 spiro atoms. The van der Waals surface area contributed by atoms with E-state index in [1.54, 1.807) is 6.07 Å². The van der Waals surface area contributed by atoms with Gasteiger partial charge in [-0.2, -0.15) is 0 Å². The van der Waals surface area contributed by atoms with Crippen molar-refractivity contribution >= 4 is 38.6 Å². The predicted molar refractivity (Wildman–Crippen MR) is 80.5 cm³/mol. The zero-order chi connectivity index (χ0) is 14.1. The molecular weight excluding hydrogens is 347 g/mol. The average molecular weight is 362 g/mol.